The van der Waals surface area contributed by atoms with Crippen LogP contribution in [0.3, 0.4) is 0 Å². The third kappa shape index (κ3) is 2.20. The van der Waals surface area contributed by atoms with E-state index in [1.165, 1.54) is 28.8 Å². The van der Waals surface area contributed by atoms with Gasteiger partial charge in [-0.3, -0.25) is 0 Å². The summed E-state index contributed by atoms with van der Waals surface area (Å²) in [6.07, 6.45) is 1.99. The number of halogens is 1. The van der Waals surface area contributed by atoms with Crippen LogP contribution in [0.2, 0.25) is 0 Å². The lowest BCUT2D eigenvalue weighted by atomic mass is 9.83. The smallest absolute Gasteiger partial charge is 0.171 e. The zero-order valence-corrected chi connectivity index (χ0v) is 12.7. The van der Waals surface area contributed by atoms with Crippen molar-refractivity contribution in [1.29, 1.82) is 0 Å². The molecule has 110 valence electrons. The van der Waals surface area contributed by atoms with Crippen LogP contribution in [0, 0.1) is 5.82 Å². The van der Waals surface area contributed by atoms with Gasteiger partial charge in [-0.05, 0) is 53.9 Å². The van der Waals surface area contributed by atoms with Gasteiger partial charge in [0.25, 0.3) is 0 Å². The molecule has 4 rings (SSSR count). The molecule has 22 heavy (non-hydrogen) atoms. The Labute approximate surface area is 134 Å². The molecule has 1 atom stereocenters. The summed E-state index contributed by atoms with van der Waals surface area (Å²) < 4.78 is 13.2. The topological polar surface area (TPSA) is 24.1 Å². The highest BCUT2D eigenvalue weighted by atomic mass is 32.1. The fraction of sp³-hybridized carbons (Fsp3) is 0.167. The van der Waals surface area contributed by atoms with E-state index in [-0.39, 0.29) is 11.9 Å². The van der Waals surface area contributed by atoms with E-state index in [1.807, 2.05) is 12.1 Å². The lowest BCUT2D eigenvalue weighted by molar-refractivity contribution is 0.622. The quantitative estimate of drug-likeness (QED) is 0.785. The van der Waals surface area contributed by atoms with Gasteiger partial charge in [0.2, 0.25) is 0 Å². The van der Waals surface area contributed by atoms with Crippen molar-refractivity contribution in [1.82, 2.24) is 10.6 Å². The Morgan fingerprint density at radius 3 is 2.59 bits per heavy atom. The Bertz CT molecular complexity index is 780. The van der Waals surface area contributed by atoms with Gasteiger partial charge in [0, 0.05) is 11.3 Å². The highest BCUT2D eigenvalue weighted by molar-refractivity contribution is 7.80. The number of hydrogen-bond donors (Lipinski definition) is 2. The van der Waals surface area contributed by atoms with Crippen LogP contribution < -0.4 is 10.6 Å². The van der Waals surface area contributed by atoms with E-state index in [4.69, 9.17) is 12.2 Å². The van der Waals surface area contributed by atoms with Gasteiger partial charge in [-0.15, -0.1) is 0 Å². The summed E-state index contributed by atoms with van der Waals surface area (Å²) >= 11 is 5.38. The van der Waals surface area contributed by atoms with Gasteiger partial charge >= 0.3 is 0 Å². The van der Waals surface area contributed by atoms with Gasteiger partial charge in [-0.2, -0.15) is 0 Å². The molecule has 1 aliphatic carbocycles. The van der Waals surface area contributed by atoms with Crippen molar-refractivity contribution >= 4 is 23.0 Å². The first-order chi connectivity index (χ1) is 10.7. The molecule has 2 N–H and O–H groups in total. The Kier molecular flexibility index (Phi) is 3.19. The number of thiocarbonyl (C=S) groups is 1. The fourth-order valence-corrected chi connectivity index (χ4v) is 3.51. The zero-order valence-electron chi connectivity index (χ0n) is 11.9. The molecule has 0 saturated heterocycles. The summed E-state index contributed by atoms with van der Waals surface area (Å²) in [5.41, 5.74) is 6.01. The van der Waals surface area contributed by atoms with E-state index in [1.54, 1.807) is 0 Å². The lowest BCUT2D eigenvalue weighted by Gasteiger charge is -2.35. The molecular weight excluding hydrogens is 295 g/mol. The van der Waals surface area contributed by atoms with Crippen LogP contribution in [-0.2, 0) is 6.42 Å². The van der Waals surface area contributed by atoms with Crippen molar-refractivity contribution in [3.8, 4) is 0 Å². The van der Waals surface area contributed by atoms with E-state index in [0.29, 0.717) is 5.11 Å². The van der Waals surface area contributed by atoms with Crippen molar-refractivity contribution < 1.29 is 4.39 Å². The molecule has 0 aromatic heterocycles. The third-order valence-corrected chi connectivity index (χ3v) is 4.56. The van der Waals surface area contributed by atoms with E-state index in [9.17, 15) is 4.39 Å². The number of aryl methyl sites for hydroxylation is 1. The molecule has 0 bridgehead atoms. The summed E-state index contributed by atoms with van der Waals surface area (Å²) in [5, 5.41) is 7.25. The van der Waals surface area contributed by atoms with E-state index >= 15 is 0 Å². The molecule has 4 heteroatoms. The molecule has 2 aromatic rings. The maximum atomic E-state index is 13.2. The molecule has 0 spiro atoms. The van der Waals surface area contributed by atoms with Gasteiger partial charge in [0.15, 0.2) is 5.11 Å². The Balaban J connectivity index is 1.84. The molecule has 2 aliphatic rings. The van der Waals surface area contributed by atoms with Crippen LogP contribution in [0.4, 0.5) is 4.39 Å². The van der Waals surface area contributed by atoms with Crippen LogP contribution in [-0.4, -0.2) is 5.11 Å². The average Bonchev–Trinajstić information content (AvgIpc) is 2.55. The molecule has 1 aliphatic heterocycles. The molecule has 1 unspecified atom stereocenters. The number of rotatable bonds is 1. The second kappa shape index (κ2) is 5.21. The SMILES string of the molecule is Fc1ccc(C2NC(=S)NC3=C2CCc2ccccc23)cc1. The van der Waals surface area contributed by atoms with Crippen molar-refractivity contribution in [2.24, 2.45) is 0 Å². The van der Waals surface area contributed by atoms with Crippen molar-refractivity contribution in [3.63, 3.8) is 0 Å². The maximum Gasteiger partial charge on any atom is 0.171 e. The first-order valence-electron chi connectivity index (χ1n) is 7.36. The number of fused-ring (bicyclic) bond motifs is 2. The highest BCUT2D eigenvalue weighted by Crippen LogP contribution is 2.38. The van der Waals surface area contributed by atoms with E-state index < -0.39 is 0 Å². The predicted molar refractivity (Wildman–Crippen MR) is 89.7 cm³/mol. The van der Waals surface area contributed by atoms with E-state index in [2.05, 4.69) is 34.9 Å². The van der Waals surface area contributed by atoms with Crippen molar-refractivity contribution in [2.75, 3.05) is 0 Å². The Morgan fingerprint density at radius 2 is 1.77 bits per heavy atom. The summed E-state index contributed by atoms with van der Waals surface area (Å²) in [4.78, 5) is 0. The number of hydrogen-bond acceptors (Lipinski definition) is 1. The average molecular weight is 310 g/mol. The first-order valence-corrected chi connectivity index (χ1v) is 7.77. The fourth-order valence-electron chi connectivity index (χ4n) is 3.29. The second-order valence-corrected chi connectivity index (χ2v) is 6.05. The second-order valence-electron chi connectivity index (χ2n) is 5.64. The van der Waals surface area contributed by atoms with Crippen LogP contribution >= 0.6 is 12.2 Å². The van der Waals surface area contributed by atoms with Crippen LogP contribution in [0.1, 0.15) is 29.2 Å². The lowest BCUT2D eigenvalue weighted by Crippen LogP contribution is -2.44. The molecule has 2 aromatic carbocycles. The molecule has 0 saturated carbocycles. The minimum atomic E-state index is -0.219. The van der Waals surface area contributed by atoms with Gasteiger partial charge in [-0.1, -0.05) is 36.4 Å². The molecular formula is C18H15FN2S. The molecule has 2 nitrogen and oxygen atoms in total. The third-order valence-electron chi connectivity index (χ3n) is 4.34. The van der Waals surface area contributed by atoms with Crippen LogP contribution in [0.15, 0.2) is 54.1 Å². The molecule has 1 heterocycles. The summed E-state index contributed by atoms with van der Waals surface area (Å²) in [5.74, 6) is -0.219. The number of nitrogens with one attached hydrogen (secondary N) is 2. The summed E-state index contributed by atoms with van der Waals surface area (Å²) in [6.45, 7) is 0. The Morgan fingerprint density at radius 1 is 1.00 bits per heavy atom. The summed E-state index contributed by atoms with van der Waals surface area (Å²) in [7, 11) is 0. The standard InChI is InChI=1S/C18H15FN2S/c19-13-8-5-12(6-9-13)16-15-10-7-11-3-1-2-4-14(11)17(15)21-18(22)20-16/h1-6,8-9,16H,7,10H2,(H2,20,21,22). The minimum absolute atomic E-state index is 0.0118. The first kappa shape index (κ1) is 13.5. The van der Waals surface area contributed by atoms with E-state index in [0.717, 1.165) is 24.1 Å². The molecule has 0 amide bonds. The van der Waals surface area contributed by atoms with Gasteiger partial charge in [0.05, 0.1) is 6.04 Å². The molecule has 0 fully saturated rings. The highest BCUT2D eigenvalue weighted by Gasteiger charge is 2.30. The van der Waals surface area contributed by atoms with Gasteiger partial charge < -0.3 is 10.6 Å². The van der Waals surface area contributed by atoms with Crippen LogP contribution in [0.5, 0.6) is 0 Å². The Hall–Kier alpha value is -2.20. The predicted octanol–water partition coefficient (Wildman–Crippen LogP) is 3.70. The monoisotopic (exact) mass is 310 g/mol. The zero-order chi connectivity index (χ0) is 15.1. The van der Waals surface area contributed by atoms with Crippen molar-refractivity contribution in [3.05, 3.63) is 76.6 Å². The number of benzene rings is 2. The normalized spacial score (nSPS) is 19.9. The van der Waals surface area contributed by atoms with Gasteiger partial charge in [-0.25, -0.2) is 4.39 Å². The summed E-state index contributed by atoms with van der Waals surface area (Å²) in [6, 6.07) is 15.1. The van der Waals surface area contributed by atoms with Gasteiger partial charge in [0.1, 0.15) is 5.82 Å². The minimum Gasteiger partial charge on any atom is -0.352 e. The van der Waals surface area contributed by atoms with Crippen LogP contribution in [0.25, 0.3) is 5.70 Å². The van der Waals surface area contributed by atoms with Crippen molar-refractivity contribution in [2.45, 2.75) is 18.9 Å². The largest absolute Gasteiger partial charge is 0.352 e. The molecule has 0 radical (unpaired) electrons. The maximum absolute atomic E-state index is 13.2.